The molecule has 0 aliphatic carbocycles. The Kier molecular flexibility index (Phi) is 6.88. The third kappa shape index (κ3) is 4.55. The lowest BCUT2D eigenvalue weighted by Crippen LogP contribution is -2.41. The predicted molar refractivity (Wildman–Crippen MR) is 90.2 cm³/mol. The van der Waals surface area contributed by atoms with Crippen molar-refractivity contribution in [3.8, 4) is 0 Å². The van der Waals surface area contributed by atoms with Crippen molar-refractivity contribution in [1.82, 2.24) is 5.32 Å². The molecule has 0 radical (unpaired) electrons. The van der Waals surface area contributed by atoms with Gasteiger partial charge in [0.25, 0.3) is 0 Å². The zero-order chi connectivity index (χ0) is 16.0. The molecule has 21 heavy (non-hydrogen) atoms. The maximum absolute atomic E-state index is 12.8. The molecule has 0 aliphatic heterocycles. The number of hydrogen-bond donors (Lipinski definition) is 1. The van der Waals surface area contributed by atoms with Crippen LogP contribution in [0.25, 0.3) is 0 Å². The Hall–Kier alpha value is -0.870. The first-order valence-electron chi connectivity index (χ1n) is 7.83. The molecule has 0 amide bonds. The fourth-order valence-corrected chi connectivity index (χ4v) is 4.49. The first-order chi connectivity index (χ1) is 9.82. The van der Waals surface area contributed by atoms with Gasteiger partial charge >= 0.3 is 0 Å². The molecule has 1 rings (SSSR count). The quantitative estimate of drug-likeness (QED) is 0.798. The van der Waals surface area contributed by atoms with E-state index in [-0.39, 0.29) is 17.2 Å². The summed E-state index contributed by atoms with van der Waals surface area (Å²) in [7, 11) is -3.18. The van der Waals surface area contributed by atoms with Gasteiger partial charge in [-0.05, 0) is 38.3 Å². The Morgan fingerprint density at radius 1 is 1.00 bits per heavy atom. The second-order valence-corrected chi connectivity index (χ2v) is 8.75. The van der Waals surface area contributed by atoms with Gasteiger partial charge in [0, 0.05) is 6.04 Å². The molecule has 0 aliphatic rings. The molecular weight excluding hydrogens is 282 g/mol. The molecule has 3 unspecified atom stereocenters. The third-order valence-electron chi connectivity index (χ3n) is 4.22. The van der Waals surface area contributed by atoms with Gasteiger partial charge in [-0.1, -0.05) is 51.1 Å². The molecule has 0 bridgehead atoms. The van der Waals surface area contributed by atoms with Gasteiger partial charge in [0.1, 0.15) is 0 Å². The van der Waals surface area contributed by atoms with Crippen LogP contribution >= 0.6 is 0 Å². The Morgan fingerprint density at radius 3 is 2.05 bits per heavy atom. The first kappa shape index (κ1) is 18.2. The largest absolute Gasteiger partial charge is 0.309 e. The molecular formula is C17H29NO2S. The van der Waals surface area contributed by atoms with E-state index in [0.717, 1.165) is 18.5 Å². The zero-order valence-electron chi connectivity index (χ0n) is 13.8. The van der Waals surface area contributed by atoms with Crippen molar-refractivity contribution in [2.75, 3.05) is 6.54 Å². The van der Waals surface area contributed by atoms with Gasteiger partial charge in [-0.2, -0.15) is 0 Å². The summed E-state index contributed by atoms with van der Waals surface area (Å²) in [6.07, 6.45) is 0.982. The van der Waals surface area contributed by atoms with E-state index >= 15 is 0 Å². The summed E-state index contributed by atoms with van der Waals surface area (Å²) in [6.45, 7) is 10.5. The highest BCUT2D eigenvalue weighted by Gasteiger charge is 2.35. The SMILES string of the molecule is CCCNC(c1ccccc1)C(C)S(=O)(=O)C(C)C(C)C. The maximum Gasteiger partial charge on any atom is 0.157 e. The standard InChI is InChI=1S/C17H29NO2S/c1-6-12-18-17(16-10-8-7-9-11-16)15(5)21(19,20)14(4)13(2)3/h7-11,13-15,17-18H,6,12H2,1-5H3. The van der Waals surface area contributed by atoms with E-state index in [1.165, 1.54) is 0 Å². The lowest BCUT2D eigenvalue weighted by atomic mass is 10.0. The third-order valence-corrected chi connectivity index (χ3v) is 7.11. The highest BCUT2D eigenvalue weighted by Crippen LogP contribution is 2.27. The fraction of sp³-hybridized carbons (Fsp3) is 0.647. The molecule has 1 N–H and O–H groups in total. The molecule has 0 heterocycles. The van der Waals surface area contributed by atoms with Crippen LogP contribution in [0.2, 0.25) is 0 Å². The van der Waals surface area contributed by atoms with Gasteiger partial charge < -0.3 is 5.32 Å². The number of rotatable bonds is 8. The topological polar surface area (TPSA) is 46.2 Å². The minimum absolute atomic E-state index is 0.125. The highest BCUT2D eigenvalue weighted by atomic mass is 32.2. The fourth-order valence-electron chi connectivity index (χ4n) is 2.42. The molecule has 3 atom stereocenters. The highest BCUT2D eigenvalue weighted by molar-refractivity contribution is 7.92. The van der Waals surface area contributed by atoms with Crippen LogP contribution in [0.15, 0.2) is 30.3 Å². The van der Waals surface area contributed by atoms with Crippen LogP contribution in [0, 0.1) is 5.92 Å². The summed E-state index contributed by atoms with van der Waals surface area (Å²) in [5, 5.41) is 2.63. The summed E-state index contributed by atoms with van der Waals surface area (Å²) in [6, 6.07) is 9.72. The first-order valence-corrected chi connectivity index (χ1v) is 9.44. The van der Waals surface area contributed by atoms with Crippen molar-refractivity contribution in [1.29, 1.82) is 0 Å². The van der Waals surface area contributed by atoms with Gasteiger partial charge in [-0.3, -0.25) is 0 Å². The van der Waals surface area contributed by atoms with Crippen molar-refractivity contribution < 1.29 is 8.42 Å². The summed E-state index contributed by atoms with van der Waals surface area (Å²) >= 11 is 0. The number of hydrogen-bond acceptors (Lipinski definition) is 3. The van der Waals surface area contributed by atoms with E-state index in [9.17, 15) is 8.42 Å². The van der Waals surface area contributed by atoms with Gasteiger partial charge in [0.2, 0.25) is 0 Å². The van der Waals surface area contributed by atoms with E-state index in [1.807, 2.05) is 58.0 Å². The van der Waals surface area contributed by atoms with Crippen molar-refractivity contribution in [2.24, 2.45) is 5.92 Å². The van der Waals surface area contributed by atoms with Crippen molar-refractivity contribution in [2.45, 2.75) is 57.6 Å². The van der Waals surface area contributed by atoms with Gasteiger partial charge in [-0.25, -0.2) is 8.42 Å². The smallest absolute Gasteiger partial charge is 0.157 e. The Balaban J connectivity index is 3.09. The van der Waals surface area contributed by atoms with Gasteiger partial charge in [-0.15, -0.1) is 0 Å². The van der Waals surface area contributed by atoms with Crippen molar-refractivity contribution in [3.63, 3.8) is 0 Å². The average Bonchev–Trinajstić information content (AvgIpc) is 2.47. The molecule has 0 spiro atoms. The van der Waals surface area contributed by atoms with Crippen LogP contribution in [-0.4, -0.2) is 25.5 Å². The molecule has 3 nitrogen and oxygen atoms in total. The second kappa shape index (κ2) is 7.95. The molecule has 1 aromatic carbocycles. The number of nitrogens with one attached hydrogen (secondary N) is 1. The van der Waals surface area contributed by atoms with E-state index in [4.69, 9.17) is 0 Å². The normalized spacial score (nSPS) is 16.7. The summed E-state index contributed by atoms with van der Waals surface area (Å²) in [5.74, 6) is 0.125. The van der Waals surface area contributed by atoms with E-state index in [2.05, 4.69) is 12.2 Å². The maximum atomic E-state index is 12.8. The summed E-state index contributed by atoms with van der Waals surface area (Å²) in [4.78, 5) is 0. The molecule has 0 fully saturated rings. The Labute approximate surface area is 130 Å². The molecule has 0 aromatic heterocycles. The van der Waals surface area contributed by atoms with Gasteiger partial charge in [0.05, 0.1) is 10.5 Å². The molecule has 1 aromatic rings. The van der Waals surface area contributed by atoms with Crippen LogP contribution in [-0.2, 0) is 9.84 Å². The van der Waals surface area contributed by atoms with Gasteiger partial charge in [0.15, 0.2) is 9.84 Å². The number of sulfone groups is 1. The minimum Gasteiger partial charge on any atom is -0.309 e. The minimum atomic E-state index is -3.18. The van der Waals surface area contributed by atoms with Crippen LogP contribution in [0.1, 0.15) is 52.6 Å². The zero-order valence-corrected chi connectivity index (χ0v) is 14.7. The van der Waals surface area contributed by atoms with E-state index in [0.29, 0.717) is 0 Å². The average molecular weight is 311 g/mol. The molecule has 0 saturated carbocycles. The van der Waals surface area contributed by atoms with E-state index in [1.54, 1.807) is 0 Å². The molecule has 0 saturated heterocycles. The van der Waals surface area contributed by atoms with Crippen molar-refractivity contribution >= 4 is 9.84 Å². The van der Waals surface area contributed by atoms with Crippen LogP contribution in [0.4, 0.5) is 0 Å². The van der Waals surface area contributed by atoms with Crippen LogP contribution in [0.3, 0.4) is 0 Å². The molecule has 4 heteroatoms. The summed E-state index contributed by atoms with van der Waals surface area (Å²) in [5.41, 5.74) is 1.04. The van der Waals surface area contributed by atoms with Crippen molar-refractivity contribution in [3.05, 3.63) is 35.9 Å². The molecule has 120 valence electrons. The van der Waals surface area contributed by atoms with Crippen LogP contribution in [0.5, 0.6) is 0 Å². The van der Waals surface area contributed by atoms with Crippen LogP contribution < -0.4 is 5.32 Å². The lowest BCUT2D eigenvalue weighted by molar-refractivity contribution is 0.481. The second-order valence-electron chi connectivity index (χ2n) is 6.09. The number of benzene rings is 1. The van der Waals surface area contributed by atoms with E-state index < -0.39 is 15.1 Å². The lowest BCUT2D eigenvalue weighted by Gasteiger charge is -2.29. The predicted octanol–water partition coefficient (Wildman–Crippen LogP) is 3.58. The summed E-state index contributed by atoms with van der Waals surface area (Å²) < 4.78 is 25.6. The monoisotopic (exact) mass is 311 g/mol. The Bertz CT molecular complexity index is 511. The Morgan fingerprint density at radius 2 is 1.57 bits per heavy atom.